The Morgan fingerprint density at radius 3 is 3.00 bits per heavy atom. The van der Waals surface area contributed by atoms with E-state index in [4.69, 9.17) is 4.74 Å². The van der Waals surface area contributed by atoms with Gasteiger partial charge in [0.1, 0.15) is 0 Å². The summed E-state index contributed by atoms with van der Waals surface area (Å²) in [5.74, 6) is 4.51. The maximum atomic E-state index is 9.60. The Kier molecular flexibility index (Phi) is 5.73. The molecule has 1 fully saturated rings. The smallest absolute Gasteiger partial charge is 0.160 e. The molecule has 1 aliphatic rings. The lowest BCUT2D eigenvalue weighted by Crippen LogP contribution is -2.30. The molecule has 0 saturated carbocycles. The number of aromatic hydroxyl groups is 1. The third-order valence-electron chi connectivity index (χ3n) is 3.24. The fraction of sp³-hybridized carbons (Fsp3) is 0.571. The third kappa shape index (κ3) is 4.23. The van der Waals surface area contributed by atoms with E-state index in [1.54, 1.807) is 13.2 Å². The molecule has 2 unspecified atom stereocenters. The van der Waals surface area contributed by atoms with E-state index in [1.165, 1.54) is 17.3 Å². The average molecular weight is 299 g/mol. The molecule has 1 aliphatic heterocycles. The van der Waals surface area contributed by atoms with Gasteiger partial charge in [-0.05, 0) is 24.6 Å². The minimum Gasteiger partial charge on any atom is -0.504 e. The number of ether oxygens (including phenoxy) is 1. The Labute approximate surface area is 123 Å². The lowest BCUT2D eigenvalue weighted by atomic mass is 10.1. The zero-order valence-electron chi connectivity index (χ0n) is 11.4. The van der Waals surface area contributed by atoms with Crippen LogP contribution in [0.3, 0.4) is 0 Å². The van der Waals surface area contributed by atoms with E-state index >= 15 is 0 Å². The van der Waals surface area contributed by atoms with Gasteiger partial charge in [0.05, 0.1) is 7.11 Å². The summed E-state index contributed by atoms with van der Waals surface area (Å²) in [5.41, 5.74) is 1.14. The van der Waals surface area contributed by atoms with E-state index in [1.807, 2.05) is 23.9 Å². The predicted molar refractivity (Wildman–Crippen MR) is 84.6 cm³/mol. The lowest BCUT2D eigenvalue weighted by Gasteiger charge is -2.23. The summed E-state index contributed by atoms with van der Waals surface area (Å²) in [6, 6.07) is 5.80. The minimum atomic E-state index is 0.192. The summed E-state index contributed by atoms with van der Waals surface area (Å²) in [6.07, 6.45) is 0. The number of hydrogen-bond acceptors (Lipinski definition) is 5. The van der Waals surface area contributed by atoms with Gasteiger partial charge in [0.2, 0.25) is 0 Å². The Hall–Kier alpha value is -0.520. The lowest BCUT2D eigenvalue weighted by molar-refractivity contribution is 0.372. The number of nitrogens with one attached hydrogen (secondary N) is 1. The highest BCUT2D eigenvalue weighted by Crippen LogP contribution is 2.29. The van der Waals surface area contributed by atoms with Gasteiger partial charge in [0, 0.05) is 35.1 Å². The number of phenols is 1. The molecule has 0 amide bonds. The van der Waals surface area contributed by atoms with Crippen LogP contribution in [-0.4, -0.2) is 41.3 Å². The van der Waals surface area contributed by atoms with Crippen molar-refractivity contribution in [3.05, 3.63) is 23.8 Å². The molecule has 2 rings (SSSR count). The van der Waals surface area contributed by atoms with Crippen LogP contribution >= 0.6 is 23.5 Å². The van der Waals surface area contributed by atoms with Crippen LogP contribution in [-0.2, 0) is 0 Å². The largest absolute Gasteiger partial charge is 0.504 e. The maximum Gasteiger partial charge on any atom is 0.160 e. The topological polar surface area (TPSA) is 41.5 Å². The fourth-order valence-electron chi connectivity index (χ4n) is 2.04. The van der Waals surface area contributed by atoms with Crippen LogP contribution in [0.2, 0.25) is 0 Å². The molecule has 1 aromatic rings. The average Bonchev–Trinajstić information content (AvgIpc) is 2.46. The van der Waals surface area contributed by atoms with E-state index < -0.39 is 0 Å². The van der Waals surface area contributed by atoms with Crippen molar-refractivity contribution < 1.29 is 9.84 Å². The van der Waals surface area contributed by atoms with E-state index in [2.05, 4.69) is 24.0 Å². The molecular formula is C14H21NO2S2. The quantitative estimate of drug-likeness (QED) is 0.875. The van der Waals surface area contributed by atoms with Gasteiger partial charge in [-0.25, -0.2) is 0 Å². The Balaban J connectivity index is 1.89. The van der Waals surface area contributed by atoms with Gasteiger partial charge >= 0.3 is 0 Å². The molecule has 3 nitrogen and oxygen atoms in total. The first-order valence-electron chi connectivity index (χ1n) is 6.50. The summed E-state index contributed by atoms with van der Waals surface area (Å²) in [7, 11) is 1.58. The molecule has 1 saturated heterocycles. The van der Waals surface area contributed by atoms with Crippen LogP contribution < -0.4 is 10.1 Å². The predicted octanol–water partition coefficient (Wildman–Crippen LogP) is 2.90. The number of hydrogen-bond donors (Lipinski definition) is 2. The fourth-order valence-corrected chi connectivity index (χ4v) is 4.67. The van der Waals surface area contributed by atoms with Crippen molar-refractivity contribution in [2.45, 2.75) is 18.2 Å². The van der Waals surface area contributed by atoms with E-state index in [0.29, 0.717) is 11.0 Å². The van der Waals surface area contributed by atoms with Crippen molar-refractivity contribution in [1.29, 1.82) is 0 Å². The molecular weight excluding hydrogens is 278 g/mol. The first kappa shape index (κ1) is 14.9. The molecule has 1 heterocycles. The normalized spacial score (nSPS) is 21.1. The molecule has 0 aliphatic carbocycles. The number of phenolic OH excluding ortho intramolecular Hbond substituents is 1. The summed E-state index contributed by atoms with van der Waals surface area (Å²) in [6.45, 7) is 3.18. The molecule has 0 radical (unpaired) electrons. The zero-order chi connectivity index (χ0) is 13.7. The van der Waals surface area contributed by atoms with Gasteiger partial charge in [-0.3, -0.25) is 0 Å². The van der Waals surface area contributed by atoms with Crippen LogP contribution in [0.4, 0.5) is 0 Å². The number of rotatable bonds is 5. The highest BCUT2D eigenvalue weighted by molar-refractivity contribution is 8.06. The number of benzene rings is 1. The van der Waals surface area contributed by atoms with Crippen molar-refractivity contribution in [3.63, 3.8) is 0 Å². The number of methoxy groups -OCH3 is 1. The molecule has 1 aromatic carbocycles. The molecule has 0 bridgehead atoms. The van der Waals surface area contributed by atoms with Crippen LogP contribution in [0.25, 0.3) is 0 Å². The van der Waals surface area contributed by atoms with E-state index in [0.717, 1.165) is 12.1 Å². The van der Waals surface area contributed by atoms with Crippen molar-refractivity contribution in [2.75, 3.05) is 30.9 Å². The van der Waals surface area contributed by atoms with Crippen LogP contribution in [0, 0.1) is 0 Å². The first-order chi connectivity index (χ1) is 9.20. The summed E-state index contributed by atoms with van der Waals surface area (Å²) < 4.78 is 5.15. The van der Waals surface area contributed by atoms with Gasteiger partial charge in [-0.1, -0.05) is 6.07 Å². The monoisotopic (exact) mass is 299 g/mol. The van der Waals surface area contributed by atoms with Gasteiger partial charge in [-0.2, -0.15) is 23.5 Å². The molecule has 0 spiro atoms. The van der Waals surface area contributed by atoms with Crippen molar-refractivity contribution in [2.24, 2.45) is 0 Å². The highest BCUT2D eigenvalue weighted by Gasteiger charge is 2.16. The van der Waals surface area contributed by atoms with E-state index in [9.17, 15) is 5.11 Å². The second kappa shape index (κ2) is 7.31. The van der Waals surface area contributed by atoms with Crippen molar-refractivity contribution in [1.82, 2.24) is 5.32 Å². The molecule has 5 heteroatoms. The molecule has 0 aromatic heterocycles. The maximum absolute atomic E-state index is 9.60. The Bertz CT molecular complexity index is 408. The van der Waals surface area contributed by atoms with Crippen LogP contribution in [0.5, 0.6) is 11.5 Å². The Morgan fingerprint density at radius 1 is 1.47 bits per heavy atom. The summed E-state index contributed by atoms with van der Waals surface area (Å²) in [5, 5.41) is 13.9. The molecule has 106 valence electrons. The van der Waals surface area contributed by atoms with E-state index in [-0.39, 0.29) is 11.8 Å². The van der Waals surface area contributed by atoms with Gasteiger partial charge in [0.25, 0.3) is 0 Å². The molecule has 2 N–H and O–H groups in total. The van der Waals surface area contributed by atoms with Gasteiger partial charge < -0.3 is 15.2 Å². The summed E-state index contributed by atoms with van der Waals surface area (Å²) >= 11 is 4.11. The SMILES string of the molecule is COc1cc(C(C)NCC2CSCCS2)ccc1O. The molecule has 19 heavy (non-hydrogen) atoms. The molecule has 2 atom stereocenters. The standard InChI is InChI=1S/C14H21NO2S2/c1-10(15-8-12-9-18-5-6-19-12)11-3-4-13(16)14(7-11)17-2/h3-4,7,10,12,15-16H,5-6,8-9H2,1-2H3. The van der Waals surface area contributed by atoms with Crippen molar-refractivity contribution in [3.8, 4) is 11.5 Å². The second-order valence-electron chi connectivity index (χ2n) is 4.63. The first-order valence-corrected chi connectivity index (χ1v) is 8.70. The third-order valence-corrected chi connectivity index (χ3v) is 6.09. The van der Waals surface area contributed by atoms with Gasteiger partial charge in [-0.15, -0.1) is 0 Å². The Morgan fingerprint density at radius 2 is 2.32 bits per heavy atom. The number of thioether (sulfide) groups is 2. The van der Waals surface area contributed by atoms with Crippen LogP contribution in [0.1, 0.15) is 18.5 Å². The van der Waals surface area contributed by atoms with Crippen molar-refractivity contribution >= 4 is 23.5 Å². The highest BCUT2D eigenvalue weighted by atomic mass is 32.2. The van der Waals surface area contributed by atoms with Gasteiger partial charge in [0.15, 0.2) is 11.5 Å². The zero-order valence-corrected chi connectivity index (χ0v) is 13.0. The minimum absolute atomic E-state index is 0.192. The second-order valence-corrected chi connectivity index (χ2v) is 7.19. The van der Waals surface area contributed by atoms with Crippen LogP contribution in [0.15, 0.2) is 18.2 Å². The summed E-state index contributed by atoms with van der Waals surface area (Å²) in [4.78, 5) is 0.